The summed E-state index contributed by atoms with van der Waals surface area (Å²) in [5.41, 5.74) is 1.85. The lowest BCUT2D eigenvalue weighted by molar-refractivity contribution is 0.00610. The molecule has 1 fully saturated rings. The van der Waals surface area contributed by atoms with Gasteiger partial charge in [-0.1, -0.05) is 0 Å². The second-order valence-corrected chi connectivity index (χ2v) is 5.98. The predicted molar refractivity (Wildman–Crippen MR) is 76.8 cm³/mol. The molecule has 118 valence electrons. The van der Waals surface area contributed by atoms with Gasteiger partial charge in [-0.25, -0.2) is 9.80 Å². The SMILES string of the molecule is COc1cc(OC)c2c(c1)C(=O)NN1C(=O)OC(C)(C)[C@@]21C. The van der Waals surface area contributed by atoms with Crippen LogP contribution < -0.4 is 14.9 Å². The van der Waals surface area contributed by atoms with Crippen molar-refractivity contribution < 1.29 is 23.8 Å². The van der Waals surface area contributed by atoms with Crippen LogP contribution in [0.2, 0.25) is 0 Å². The molecule has 1 aromatic carbocycles. The molecule has 2 aliphatic rings. The van der Waals surface area contributed by atoms with Crippen molar-refractivity contribution in [3.63, 3.8) is 0 Å². The summed E-state index contributed by atoms with van der Waals surface area (Å²) < 4.78 is 16.1. The normalized spacial score (nSPS) is 25.0. The van der Waals surface area contributed by atoms with Gasteiger partial charge in [0.25, 0.3) is 5.91 Å². The number of fused-ring (bicyclic) bond motifs is 3. The number of nitrogens with zero attached hydrogens (tertiary/aromatic N) is 1. The molecular formula is C15H18N2O5. The number of hydrazine groups is 1. The van der Waals surface area contributed by atoms with E-state index < -0.39 is 23.1 Å². The number of amides is 2. The predicted octanol–water partition coefficient (Wildman–Crippen LogP) is 1.81. The van der Waals surface area contributed by atoms with E-state index in [1.165, 1.54) is 19.2 Å². The molecule has 3 rings (SSSR count). The molecular weight excluding hydrogens is 288 g/mol. The molecule has 7 heteroatoms. The van der Waals surface area contributed by atoms with E-state index in [2.05, 4.69) is 5.43 Å². The fourth-order valence-corrected chi connectivity index (χ4v) is 3.10. The maximum Gasteiger partial charge on any atom is 0.430 e. The second kappa shape index (κ2) is 4.28. The van der Waals surface area contributed by atoms with Crippen LogP contribution in [0, 0.1) is 0 Å². The standard InChI is InChI=1S/C15H18N2O5/c1-14(2)15(3)11-9(6-8(20-4)7-10(11)21-5)12(18)16-17(15)13(19)22-14/h6-7H,1-5H3,(H,16,18)/t15-/m1/s1. The molecule has 0 aliphatic carbocycles. The fraction of sp³-hybridized carbons (Fsp3) is 0.467. The van der Waals surface area contributed by atoms with Crippen molar-refractivity contribution in [3.05, 3.63) is 23.3 Å². The van der Waals surface area contributed by atoms with Gasteiger partial charge in [-0.15, -0.1) is 0 Å². The van der Waals surface area contributed by atoms with Crippen molar-refractivity contribution in [3.8, 4) is 11.5 Å². The first-order valence-corrected chi connectivity index (χ1v) is 6.87. The summed E-state index contributed by atoms with van der Waals surface area (Å²) in [4.78, 5) is 24.5. The lowest BCUT2D eigenvalue weighted by atomic mass is 9.74. The van der Waals surface area contributed by atoms with E-state index in [0.717, 1.165) is 0 Å². The maximum atomic E-state index is 12.4. The number of benzene rings is 1. The first kappa shape index (κ1) is 14.5. The Bertz CT molecular complexity index is 685. The monoisotopic (exact) mass is 306 g/mol. The Hall–Kier alpha value is -2.44. The third kappa shape index (κ3) is 1.56. The molecule has 0 radical (unpaired) electrons. The van der Waals surface area contributed by atoms with Crippen LogP contribution in [0.25, 0.3) is 0 Å². The minimum Gasteiger partial charge on any atom is -0.497 e. The quantitative estimate of drug-likeness (QED) is 0.901. The van der Waals surface area contributed by atoms with Crippen molar-refractivity contribution in [2.24, 2.45) is 0 Å². The molecule has 1 N–H and O–H groups in total. The summed E-state index contributed by atoms with van der Waals surface area (Å²) >= 11 is 0. The first-order valence-electron chi connectivity index (χ1n) is 6.87. The Morgan fingerprint density at radius 3 is 2.41 bits per heavy atom. The van der Waals surface area contributed by atoms with Gasteiger partial charge in [0.2, 0.25) is 0 Å². The second-order valence-electron chi connectivity index (χ2n) is 5.98. The van der Waals surface area contributed by atoms with Crippen molar-refractivity contribution in [2.45, 2.75) is 31.9 Å². The molecule has 1 saturated heterocycles. The van der Waals surface area contributed by atoms with Crippen molar-refractivity contribution in [2.75, 3.05) is 14.2 Å². The number of methoxy groups -OCH3 is 2. The fourth-order valence-electron chi connectivity index (χ4n) is 3.10. The van der Waals surface area contributed by atoms with Gasteiger partial charge in [0.05, 0.1) is 19.8 Å². The molecule has 0 aromatic heterocycles. The van der Waals surface area contributed by atoms with Gasteiger partial charge in [-0.05, 0) is 26.8 Å². The van der Waals surface area contributed by atoms with Crippen LogP contribution in [0.4, 0.5) is 4.79 Å². The molecule has 0 spiro atoms. The van der Waals surface area contributed by atoms with E-state index in [1.807, 2.05) is 6.92 Å². The third-order valence-electron chi connectivity index (χ3n) is 4.62. The van der Waals surface area contributed by atoms with Crippen LogP contribution in [-0.2, 0) is 10.3 Å². The lowest BCUT2D eigenvalue weighted by Crippen LogP contribution is -2.61. The van der Waals surface area contributed by atoms with Crippen LogP contribution in [0.1, 0.15) is 36.7 Å². The van der Waals surface area contributed by atoms with E-state index in [-0.39, 0.29) is 0 Å². The summed E-state index contributed by atoms with van der Waals surface area (Å²) in [5.74, 6) is 0.577. The van der Waals surface area contributed by atoms with E-state index in [1.54, 1.807) is 26.0 Å². The minimum atomic E-state index is -0.898. The van der Waals surface area contributed by atoms with Crippen LogP contribution in [-0.4, -0.2) is 36.8 Å². The van der Waals surface area contributed by atoms with Gasteiger partial charge in [-0.2, -0.15) is 0 Å². The molecule has 2 heterocycles. The Balaban J connectivity index is 2.35. The number of cyclic esters (lactones) is 1. The smallest absolute Gasteiger partial charge is 0.430 e. The minimum absolute atomic E-state index is 0.403. The van der Waals surface area contributed by atoms with Crippen LogP contribution >= 0.6 is 0 Å². The van der Waals surface area contributed by atoms with Crippen LogP contribution in [0.5, 0.6) is 11.5 Å². The number of carbonyl (C=O) groups excluding carboxylic acids is 2. The zero-order valence-electron chi connectivity index (χ0n) is 13.1. The maximum absolute atomic E-state index is 12.4. The number of carbonyl (C=O) groups is 2. The van der Waals surface area contributed by atoms with Gasteiger partial charge < -0.3 is 14.2 Å². The zero-order valence-corrected chi connectivity index (χ0v) is 13.1. The largest absolute Gasteiger partial charge is 0.497 e. The van der Waals surface area contributed by atoms with E-state index in [0.29, 0.717) is 22.6 Å². The van der Waals surface area contributed by atoms with E-state index in [4.69, 9.17) is 14.2 Å². The van der Waals surface area contributed by atoms with E-state index in [9.17, 15) is 9.59 Å². The highest BCUT2D eigenvalue weighted by molar-refractivity contribution is 6.00. The highest BCUT2D eigenvalue weighted by atomic mass is 16.6. The number of hydrogen-bond donors (Lipinski definition) is 1. The van der Waals surface area contributed by atoms with E-state index >= 15 is 0 Å². The summed E-state index contributed by atoms with van der Waals surface area (Å²) in [7, 11) is 3.03. The first-order chi connectivity index (χ1) is 10.3. The average Bonchev–Trinajstić information content (AvgIpc) is 2.65. The third-order valence-corrected chi connectivity index (χ3v) is 4.62. The molecule has 1 atom stereocenters. The van der Waals surface area contributed by atoms with Crippen LogP contribution in [0.15, 0.2) is 12.1 Å². The number of nitrogens with one attached hydrogen (secondary N) is 1. The Labute approximate surface area is 128 Å². The molecule has 0 unspecified atom stereocenters. The molecule has 0 bridgehead atoms. The summed E-state index contributed by atoms with van der Waals surface area (Å²) in [6.45, 7) is 5.44. The van der Waals surface area contributed by atoms with Crippen molar-refractivity contribution >= 4 is 12.0 Å². The Morgan fingerprint density at radius 1 is 1.14 bits per heavy atom. The van der Waals surface area contributed by atoms with Gasteiger partial charge >= 0.3 is 6.09 Å². The zero-order chi connectivity index (χ0) is 16.3. The van der Waals surface area contributed by atoms with Crippen molar-refractivity contribution in [1.29, 1.82) is 0 Å². The number of ether oxygens (including phenoxy) is 3. The number of rotatable bonds is 2. The summed E-state index contributed by atoms with van der Waals surface area (Å²) in [6, 6.07) is 3.33. The molecule has 2 aliphatic heterocycles. The Kier molecular flexibility index (Phi) is 2.82. The lowest BCUT2D eigenvalue weighted by Gasteiger charge is -2.44. The average molecular weight is 306 g/mol. The highest BCUT2D eigenvalue weighted by Crippen LogP contribution is 2.52. The van der Waals surface area contributed by atoms with Gasteiger partial charge in [0.15, 0.2) is 0 Å². The summed E-state index contributed by atoms with van der Waals surface area (Å²) in [5, 5.41) is 1.23. The summed E-state index contributed by atoms with van der Waals surface area (Å²) in [6.07, 6.45) is -0.593. The molecule has 2 amide bonds. The topological polar surface area (TPSA) is 77.1 Å². The van der Waals surface area contributed by atoms with Gasteiger partial charge in [0.1, 0.15) is 22.6 Å². The van der Waals surface area contributed by atoms with Crippen LogP contribution in [0.3, 0.4) is 0 Å². The van der Waals surface area contributed by atoms with Gasteiger partial charge in [0, 0.05) is 11.6 Å². The molecule has 1 aromatic rings. The number of hydrogen-bond acceptors (Lipinski definition) is 5. The van der Waals surface area contributed by atoms with Gasteiger partial charge in [-0.3, -0.25) is 10.2 Å². The molecule has 7 nitrogen and oxygen atoms in total. The molecule has 22 heavy (non-hydrogen) atoms. The Morgan fingerprint density at radius 2 is 1.82 bits per heavy atom. The molecule has 0 saturated carbocycles. The van der Waals surface area contributed by atoms with Crippen molar-refractivity contribution in [1.82, 2.24) is 10.4 Å². The highest BCUT2D eigenvalue weighted by Gasteiger charge is 2.63.